The molecule has 2 heterocycles. The minimum atomic E-state index is -0.436. The van der Waals surface area contributed by atoms with Crippen LogP contribution in [0.3, 0.4) is 0 Å². The Morgan fingerprint density at radius 2 is 1.73 bits per heavy atom. The summed E-state index contributed by atoms with van der Waals surface area (Å²) >= 11 is 3.45. The first-order valence-electron chi connectivity index (χ1n) is 10.5. The number of halogens is 1. The van der Waals surface area contributed by atoms with Crippen molar-refractivity contribution in [2.24, 2.45) is 0 Å². The molecule has 0 amide bonds. The van der Waals surface area contributed by atoms with Crippen molar-refractivity contribution in [2.75, 3.05) is 12.4 Å². The lowest BCUT2D eigenvalue weighted by molar-refractivity contribution is 0.371. The van der Waals surface area contributed by atoms with Gasteiger partial charge in [-0.15, -0.1) is 0 Å². The van der Waals surface area contributed by atoms with E-state index >= 15 is 0 Å². The summed E-state index contributed by atoms with van der Waals surface area (Å²) in [7, 11) is 1.51. The Kier molecular flexibility index (Phi) is 4.45. The molecule has 0 aliphatic carbocycles. The molecule has 0 radical (unpaired) electrons. The third-order valence-corrected chi connectivity index (χ3v) is 6.86. The van der Waals surface area contributed by atoms with Crippen molar-refractivity contribution in [1.29, 1.82) is 0 Å². The van der Waals surface area contributed by atoms with Crippen LogP contribution in [0.25, 0.3) is 21.7 Å². The van der Waals surface area contributed by atoms with Crippen LogP contribution in [-0.4, -0.2) is 12.2 Å². The highest BCUT2D eigenvalue weighted by molar-refractivity contribution is 9.10. The van der Waals surface area contributed by atoms with Gasteiger partial charge in [-0.1, -0.05) is 42.5 Å². The third-order valence-electron chi connectivity index (χ3n) is 6.26. The number of hydrogen-bond donors (Lipinski definition) is 2. The van der Waals surface area contributed by atoms with Gasteiger partial charge in [0.2, 0.25) is 0 Å². The summed E-state index contributed by atoms with van der Waals surface area (Å²) in [6, 6.07) is 23.3. The molecular formula is C27H18BrNO4. The predicted molar refractivity (Wildman–Crippen MR) is 133 cm³/mol. The van der Waals surface area contributed by atoms with Crippen LogP contribution in [0, 0.1) is 0 Å². The van der Waals surface area contributed by atoms with Crippen LogP contribution in [0.4, 0.5) is 11.4 Å². The van der Waals surface area contributed by atoms with E-state index in [0.29, 0.717) is 21.4 Å². The molecule has 0 saturated carbocycles. The fraction of sp³-hybridized carbons (Fsp3) is 0.0741. The van der Waals surface area contributed by atoms with Gasteiger partial charge in [-0.3, -0.25) is 0 Å². The number of phenols is 1. The van der Waals surface area contributed by atoms with Gasteiger partial charge in [0.15, 0.2) is 11.5 Å². The van der Waals surface area contributed by atoms with Crippen LogP contribution in [-0.2, 0) is 0 Å². The first-order valence-corrected chi connectivity index (χ1v) is 11.3. The van der Waals surface area contributed by atoms with E-state index in [0.717, 1.165) is 38.7 Å². The summed E-state index contributed by atoms with van der Waals surface area (Å²) in [5.74, 6) is -0.0977. The van der Waals surface area contributed by atoms with E-state index < -0.39 is 11.5 Å². The standard InChI is InChI=1S/C27H18BrNO4/c1-32-21-13-15(12-18(28)26(21)30)22-23-16-7-3-2-6-14(16)10-11-19(23)29-25-17-8-4-5-9-20(17)33-27(31)24(22)25/h2-13,22,29-30H,1H3. The Morgan fingerprint density at radius 3 is 2.55 bits per heavy atom. The molecule has 0 fully saturated rings. The van der Waals surface area contributed by atoms with Crippen LogP contribution < -0.4 is 15.7 Å². The monoisotopic (exact) mass is 499 g/mol. The first-order chi connectivity index (χ1) is 16.1. The summed E-state index contributed by atoms with van der Waals surface area (Å²) in [5.41, 5.74) is 4.09. The summed E-state index contributed by atoms with van der Waals surface area (Å²) in [6.45, 7) is 0. The number of aromatic hydroxyl groups is 1. The van der Waals surface area contributed by atoms with Gasteiger partial charge in [-0.2, -0.15) is 0 Å². The molecule has 1 aliphatic heterocycles. The number of ether oxygens (including phenoxy) is 1. The van der Waals surface area contributed by atoms with E-state index in [1.165, 1.54) is 7.11 Å². The van der Waals surface area contributed by atoms with Gasteiger partial charge < -0.3 is 19.6 Å². The zero-order valence-corrected chi connectivity index (χ0v) is 19.1. The Labute approximate surface area is 197 Å². The van der Waals surface area contributed by atoms with Gasteiger partial charge in [0.1, 0.15) is 5.58 Å². The van der Waals surface area contributed by atoms with Gasteiger partial charge in [0, 0.05) is 17.0 Å². The van der Waals surface area contributed by atoms with Crippen molar-refractivity contribution in [3.05, 3.63) is 104 Å². The van der Waals surface area contributed by atoms with Crippen molar-refractivity contribution in [3.63, 3.8) is 0 Å². The molecule has 5 nitrogen and oxygen atoms in total. The van der Waals surface area contributed by atoms with Gasteiger partial charge in [-0.05, 0) is 68.2 Å². The van der Waals surface area contributed by atoms with E-state index in [4.69, 9.17) is 9.15 Å². The second-order valence-electron chi connectivity index (χ2n) is 8.03. The van der Waals surface area contributed by atoms with E-state index in [1.54, 1.807) is 12.1 Å². The van der Waals surface area contributed by atoms with Gasteiger partial charge in [-0.25, -0.2) is 4.79 Å². The smallest absolute Gasteiger partial charge is 0.342 e. The summed E-state index contributed by atoms with van der Waals surface area (Å²) in [6.07, 6.45) is 0. The van der Waals surface area contributed by atoms with Crippen molar-refractivity contribution in [2.45, 2.75) is 5.92 Å². The number of para-hydroxylation sites is 1. The molecule has 0 saturated heterocycles. The quantitative estimate of drug-likeness (QED) is 0.260. The van der Waals surface area contributed by atoms with Crippen LogP contribution in [0.15, 0.2) is 86.5 Å². The number of hydrogen-bond acceptors (Lipinski definition) is 5. The highest BCUT2D eigenvalue weighted by Gasteiger charge is 2.34. The highest BCUT2D eigenvalue weighted by atomic mass is 79.9. The maximum Gasteiger partial charge on any atom is 0.342 e. The number of anilines is 2. The minimum Gasteiger partial charge on any atom is -0.503 e. The van der Waals surface area contributed by atoms with E-state index in [9.17, 15) is 9.90 Å². The summed E-state index contributed by atoms with van der Waals surface area (Å²) in [4.78, 5) is 13.4. The van der Waals surface area contributed by atoms with E-state index in [-0.39, 0.29) is 5.75 Å². The average Bonchev–Trinajstić information content (AvgIpc) is 2.84. The SMILES string of the molecule is COc1cc(C2c3c(c4ccccc4oc3=O)Nc3ccc4ccccc4c32)cc(Br)c1O. The lowest BCUT2D eigenvalue weighted by atomic mass is 9.79. The molecule has 0 spiro atoms. The number of benzene rings is 4. The largest absolute Gasteiger partial charge is 0.503 e. The molecule has 1 unspecified atom stereocenters. The Bertz CT molecular complexity index is 1640. The normalized spacial score (nSPS) is 14.5. The molecule has 33 heavy (non-hydrogen) atoms. The molecule has 4 aromatic carbocycles. The number of phenolic OH excluding ortho intramolecular Hbond substituents is 1. The molecule has 1 atom stereocenters. The Balaban J connectivity index is 1.77. The maximum atomic E-state index is 13.4. The molecule has 5 aromatic rings. The van der Waals surface area contributed by atoms with Gasteiger partial charge in [0.05, 0.1) is 22.8 Å². The number of fused-ring (bicyclic) bond motifs is 6. The van der Waals surface area contributed by atoms with Crippen LogP contribution in [0.2, 0.25) is 0 Å². The molecule has 1 aromatic heterocycles. The zero-order chi connectivity index (χ0) is 22.7. The van der Waals surface area contributed by atoms with Crippen molar-refractivity contribution in [3.8, 4) is 11.5 Å². The molecule has 0 bridgehead atoms. The Hall–Kier alpha value is -3.77. The number of nitrogens with one attached hydrogen (secondary N) is 1. The molecule has 1 aliphatic rings. The lowest BCUT2D eigenvalue weighted by Gasteiger charge is -2.31. The zero-order valence-electron chi connectivity index (χ0n) is 17.6. The third kappa shape index (κ3) is 2.94. The summed E-state index contributed by atoms with van der Waals surface area (Å²) in [5, 5.41) is 16.9. The van der Waals surface area contributed by atoms with Crippen molar-refractivity contribution < 1.29 is 14.3 Å². The second kappa shape index (κ2) is 7.39. The summed E-state index contributed by atoms with van der Waals surface area (Å²) < 4.78 is 11.7. The lowest BCUT2D eigenvalue weighted by Crippen LogP contribution is -2.23. The van der Waals surface area contributed by atoms with Crippen LogP contribution in [0.5, 0.6) is 11.5 Å². The maximum absolute atomic E-state index is 13.4. The first kappa shape index (κ1) is 19.9. The van der Waals surface area contributed by atoms with Crippen molar-refractivity contribution in [1.82, 2.24) is 0 Å². The average molecular weight is 500 g/mol. The number of methoxy groups -OCH3 is 1. The van der Waals surface area contributed by atoms with Gasteiger partial charge in [0.25, 0.3) is 0 Å². The van der Waals surface area contributed by atoms with E-state index in [2.05, 4.69) is 39.4 Å². The van der Waals surface area contributed by atoms with Crippen LogP contribution in [0.1, 0.15) is 22.6 Å². The second-order valence-corrected chi connectivity index (χ2v) is 8.89. The van der Waals surface area contributed by atoms with Gasteiger partial charge >= 0.3 is 5.63 Å². The molecule has 6 rings (SSSR count). The topological polar surface area (TPSA) is 71.7 Å². The molecule has 2 N–H and O–H groups in total. The van der Waals surface area contributed by atoms with Crippen LogP contribution >= 0.6 is 15.9 Å². The minimum absolute atomic E-state index is 0.0131. The predicted octanol–water partition coefficient (Wildman–Crippen LogP) is 6.66. The highest BCUT2D eigenvalue weighted by Crippen LogP contribution is 2.50. The number of rotatable bonds is 2. The van der Waals surface area contributed by atoms with Crippen molar-refractivity contribution >= 4 is 49.0 Å². The molecule has 162 valence electrons. The molecular weight excluding hydrogens is 482 g/mol. The Morgan fingerprint density at radius 1 is 0.970 bits per heavy atom. The fourth-order valence-electron chi connectivity index (χ4n) is 4.81. The fourth-order valence-corrected chi connectivity index (χ4v) is 5.26. The molecule has 6 heteroatoms. The van der Waals surface area contributed by atoms with E-state index in [1.807, 2.05) is 42.5 Å².